The third-order valence-electron chi connectivity index (χ3n) is 4.27. The van der Waals surface area contributed by atoms with Crippen LogP contribution in [-0.2, 0) is 6.42 Å². The first-order chi connectivity index (χ1) is 12.6. The van der Waals surface area contributed by atoms with Crippen molar-refractivity contribution in [3.8, 4) is 11.4 Å². The molecule has 0 unspecified atom stereocenters. The highest BCUT2D eigenvalue weighted by Crippen LogP contribution is 2.29. The summed E-state index contributed by atoms with van der Waals surface area (Å²) < 4.78 is 7.51. The molecule has 0 amide bonds. The van der Waals surface area contributed by atoms with Crippen molar-refractivity contribution in [1.82, 2.24) is 14.5 Å². The van der Waals surface area contributed by atoms with E-state index in [1.165, 1.54) is 0 Å². The first-order valence-electron chi connectivity index (χ1n) is 8.69. The summed E-state index contributed by atoms with van der Waals surface area (Å²) in [6.07, 6.45) is 5.78. The van der Waals surface area contributed by atoms with Crippen molar-refractivity contribution in [3.05, 3.63) is 47.5 Å². The molecule has 1 atom stereocenters. The number of methoxy groups -OCH3 is 1. The topological polar surface area (TPSA) is 78.0 Å². The largest absolute Gasteiger partial charge is 0.494 e. The van der Waals surface area contributed by atoms with E-state index in [1.807, 2.05) is 35.9 Å². The predicted molar refractivity (Wildman–Crippen MR) is 129 cm³/mol. The quantitative estimate of drug-likeness (QED) is 0.464. The molecular formula is C19H28Cl3N5OS. The molecule has 0 aliphatic rings. The average molecular weight is 481 g/mol. The van der Waals surface area contributed by atoms with Crippen LogP contribution in [0.4, 0.5) is 10.8 Å². The van der Waals surface area contributed by atoms with Crippen LogP contribution >= 0.6 is 48.6 Å². The van der Waals surface area contributed by atoms with Crippen LogP contribution in [0.5, 0.6) is 5.75 Å². The number of thiazole rings is 1. The number of halogens is 3. The van der Waals surface area contributed by atoms with Crippen molar-refractivity contribution in [2.24, 2.45) is 11.7 Å². The number of benzene rings is 1. The summed E-state index contributed by atoms with van der Waals surface area (Å²) in [5.74, 6) is 1.30. The van der Waals surface area contributed by atoms with Gasteiger partial charge in [-0.2, -0.15) is 0 Å². The molecule has 1 aromatic carbocycles. The van der Waals surface area contributed by atoms with E-state index in [0.29, 0.717) is 5.92 Å². The molecule has 2 heterocycles. The van der Waals surface area contributed by atoms with Crippen LogP contribution in [0.2, 0.25) is 0 Å². The summed E-state index contributed by atoms with van der Waals surface area (Å²) in [7, 11) is 1.67. The smallest absolute Gasteiger partial charge is 0.187 e. The van der Waals surface area contributed by atoms with E-state index >= 15 is 0 Å². The third-order valence-corrected chi connectivity index (χ3v) is 5.07. The molecule has 10 heteroatoms. The zero-order valence-corrected chi connectivity index (χ0v) is 19.9. The van der Waals surface area contributed by atoms with E-state index in [4.69, 9.17) is 10.5 Å². The fourth-order valence-electron chi connectivity index (χ4n) is 2.64. The maximum absolute atomic E-state index is 5.68. The Morgan fingerprint density at radius 3 is 2.66 bits per heavy atom. The number of nitrogens with zero attached hydrogens (tertiary/aromatic N) is 3. The molecule has 0 spiro atoms. The molecule has 162 valence electrons. The lowest BCUT2D eigenvalue weighted by Crippen LogP contribution is -2.11. The minimum Gasteiger partial charge on any atom is -0.494 e. The highest BCUT2D eigenvalue weighted by atomic mass is 35.5. The van der Waals surface area contributed by atoms with Crippen LogP contribution in [0, 0.1) is 12.8 Å². The van der Waals surface area contributed by atoms with Gasteiger partial charge in [0.15, 0.2) is 5.13 Å². The van der Waals surface area contributed by atoms with Gasteiger partial charge >= 0.3 is 0 Å². The molecule has 0 aliphatic heterocycles. The summed E-state index contributed by atoms with van der Waals surface area (Å²) in [6.45, 7) is 4.85. The van der Waals surface area contributed by atoms with Crippen molar-refractivity contribution >= 4 is 59.4 Å². The van der Waals surface area contributed by atoms with Crippen molar-refractivity contribution < 1.29 is 4.74 Å². The van der Waals surface area contributed by atoms with Gasteiger partial charge in [0.05, 0.1) is 30.5 Å². The summed E-state index contributed by atoms with van der Waals surface area (Å²) >= 11 is 1.61. The normalized spacial score (nSPS) is 10.9. The summed E-state index contributed by atoms with van der Waals surface area (Å²) in [5.41, 5.74) is 9.65. The predicted octanol–water partition coefficient (Wildman–Crippen LogP) is 5.18. The van der Waals surface area contributed by atoms with E-state index in [1.54, 1.807) is 24.8 Å². The Hall–Kier alpha value is -1.51. The number of rotatable bonds is 8. The summed E-state index contributed by atoms with van der Waals surface area (Å²) in [4.78, 5) is 8.93. The molecule has 0 bridgehead atoms. The lowest BCUT2D eigenvalue weighted by atomic mass is 10.1. The monoisotopic (exact) mass is 479 g/mol. The Kier molecular flexibility index (Phi) is 12.3. The SMILES string of the molecule is COc1cc(Nc2nc(CC[C@H](C)CN)cs2)ccc1-n1cnc(C)c1.Cl.Cl.Cl. The number of nitrogens with two attached hydrogens (primary N) is 1. The second-order valence-corrected chi connectivity index (χ2v) is 7.32. The van der Waals surface area contributed by atoms with Crippen molar-refractivity contribution in [1.29, 1.82) is 0 Å². The number of aromatic nitrogens is 3. The van der Waals surface area contributed by atoms with Crippen molar-refractivity contribution in [2.45, 2.75) is 26.7 Å². The van der Waals surface area contributed by atoms with Gasteiger partial charge in [-0.05, 0) is 44.4 Å². The van der Waals surface area contributed by atoms with E-state index in [-0.39, 0.29) is 37.2 Å². The summed E-state index contributed by atoms with van der Waals surface area (Å²) in [5, 5.41) is 6.35. The van der Waals surface area contributed by atoms with Crippen molar-refractivity contribution in [2.75, 3.05) is 19.0 Å². The lowest BCUT2D eigenvalue weighted by molar-refractivity contribution is 0.413. The van der Waals surface area contributed by atoms with Crippen molar-refractivity contribution in [3.63, 3.8) is 0 Å². The fourth-order valence-corrected chi connectivity index (χ4v) is 3.40. The van der Waals surface area contributed by atoms with Gasteiger partial charge < -0.3 is 20.4 Å². The molecule has 0 saturated heterocycles. The second kappa shape index (κ2) is 12.9. The Balaban J connectivity index is 0.00000261. The molecule has 3 N–H and O–H groups in total. The number of imidazole rings is 1. The molecule has 3 aromatic rings. The van der Waals surface area contributed by atoms with Gasteiger partial charge in [0.2, 0.25) is 0 Å². The van der Waals surface area contributed by atoms with E-state index in [2.05, 4.69) is 27.6 Å². The number of hydrogen-bond donors (Lipinski definition) is 2. The maximum atomic E-state index is 5.68. The maximum Gasteiger partial charge on any atom is 0.187 e. The molecule has 2 aromatic heterocycles. The second-order valence-electron chi connectivity index (χ2n) is 6.46. The zero-order chi connectivity index (χ0) is 18.5. The molecule has 0 fully saturated rings. The molecule has 0 radical (unpaired) electrons. The number of hydrogen-bond acceptors (Lipinski definition) is 6. The van der Waals surface area contributed by atoms with Gasteiger partial charge in [0.1, 0.15) is 5.75 Å². The standard InChI is InChI=1S/C19H25N5OS.3ClH/c1-13(9-20)4-5-16-11-26-19(23-16)22-15-6-7-17(18(8-15)25-3)24-10-14(2)21-12-24;;;/h6-8,10-13H,4-5,9,20H2,1-3H3,(H,22,23);3*1H/t13-;;;/m0.../s1. The van der Waals surface area contributed by atoms with Gasteiger partial charge in [-0.3, -0.25) is 0 Å². The number of ether oxygens (including phenoxy) is 1. The number of anilines is 2. The van der Waals surface area contributed by atoms with Crippen LogP contribution in [0.3, 0.4) is 0 Å². The van der Waals surface area contributed by atoms with Gasteiger partial charge in [-0.1, -0.05) is 6.92 Å². The van der Waals surface area contributed by atoms with Crippen LogP contribution < -0.4 is 15.8 Å². The van der Waals surface area contributed by atoms with Gasteiger partial charge in [0.25, 0.3) is 0 Å². The number of aryl methyl sites for hydroxylation is 2. The van der Waals surface area contributed by atoms with Crippen LogP contribution in [0.15, 0.2) is 36.1 Å². The Bertz CT molecular complexity index is 871. The fraction of sp³-hybridized carbons (Fsp3) is 0.368. The molecule has 0 aliphatic carbocycles. The minimum absolute atomic E-state index is 0. The third kappa shape index (κ3) is 7.35. The zero-order valence-electron chi connectivity index (χ0n) is 16.6. The minimum atomic E-state index is 0. The van der Waals surface area contributed by atoms with Crippen LogP contribution in [-0.4, -0.2) is 28.2 Å². The first kappa shape index (κ1) is 27.5. The van der Waals surface area contributed by atoms with Crippen LogP contribution in [0.25, 0.3) is 5.69 Å². The average Bonchev–Trinajstić information content (AvgIpc) is 3.28. The highest BCUT2D eigenvalue weighted by molar-refractivity contribution is 7.13. The van der Waals surface area contributed by atoms with E-state index in [9.17, 15) is 0 Å². The Morgan fingerprint density at radius 1 is 1.28 bits per heavy atom. The molecular weight excluding hydrogens is 453 g/mol. The number of nitrogens with one attached hydrogen (secondary N) is 1. The first-order valence-corrected chi connectivity index (χ1v) is 9.57. The Morgan fingerprint density at radius 2 is 2.03 bits per heavy atom. The van der Waals surface area contributed by atoms with Gasteiger partial charge in [-0.15, -0.1) is 48.6 Å². The molecule has 3 rings (SSSR count). The summed E-state index contributed by atoms with van der Waals surface area (Å²) in [6, 6.07) is 6.01. The van der Waals surface area contributed by atoms with E-state index < -0.39 is 0 Å². The molecule has 0 saturated carbocycles. The molecule has 6 nitrogen and oxygen atoms in total. The lowest BCUT2D eigenvalue weighted by Gasteiger charge is -2.11. The van der Waals surface area contributed by atoms with E-state index in [0.717, 1.165) is 53.0 Å². The molecule has 29 heavy (non-hydrogen) atoms. The van der Waals surface area contributed by atoms with Gasteiger partial charge in [-0.25, -0.2) is 9.97 Å². The Labute approximate surface area is 194 Å². The van der Waals surface area contributed by atoms with Crippen LogP contribution in [0.1, 0.15) is 24.7 Å². The highest BCUT2D eigenvalue weighted by Gasteiger charge is 2.09. The van der Waals surface area contributed by atoms with Gasteiger partial charge in [0, 0.05) is 23.3 Å².